The third-order valence-electron chi connectivity index (χ3n) is 11.1. The first-order valence-corrected chi connectivity index (χ1v) is 22.3. The molecule has 0 amide bonds. The van der Waals surface area contributed by atoms with Gasteiger partial charge >= 0.3 is 0 Å². The van der Waals surface area contributed by atoms with Gasteiger partial charge in [0.2, 0.25) is 0 Å². The number of nitrogens with zero attached hydrogens (tertiary/aromatic N) is 2. The van der Waals surface area contributed by atoms with Crippen LogP contribution in [-0.2, 0) is 0 Å². The average Bonchev–Trinajstić information content (AvgIpc) is 3.64. The maximum absolute atomic E-state index is 12.1. The van der Waals surface area contributed by atoms with Gasteiger partial charge in [-0.3, -0.25) is 0 Å². The van der Waals surface area contributed by atoms with Crippen LogP contribution >= 0.6 is 23.5 Å². The lowest BCUT2D eigenvalue weighted by Gasteiger charge is -2.28. The highest BCUT2D eigenvalue weighted by molar-refractivity contribution is 8.00. The fourth-order valence-electron chi connectivity index (χ4n) is 8.35. The van der Waals surface area contributed by atoms with E-state index in [1.165, 1.54) is 10.8 Å². The number of aromatic hydroxyl groups is 2. The lowest BCUT2D eigenvalue weighted by Crippen LogP contribution is -2.18. The fraction of sp³-hybridized carbons (Fsp3) is 0.111. The molecule has 0 aliphatic carbocycles. The molecule has 1 aliphatic rings. The quantitative estimate of drug-likeness (QED) is 0.106. The average molecular weight is 819 g/mol. The molecule has 9 rings (SSSR count). The van der Waals surface area contributed by atoms with Gasteiger partial charge in [0.15, 0.2) is 0 Å². The number of phenols is 2. The lowest BCUT2D eigenvalue weighted by molar-refractivity contribution is 0.475. The van der Waals surface area contributed by atoms with Crippen LogP contribution in [0.5, 0.6) is 11.5 Å². The van der Waals surface area contributed by atoms with Crippen molar-refractivity contribution in [3.63, 3.8) is 0 Å². The number of hydrogen-bond acceptors (Lipinski definition) is 5. The summed E-state index contributed by atoms with van der Waals surface area (Å²) in [6, 6.07) is 50.3. The molecule has 0 spiro atoms. The molecule has 1 aliphatic heterocycles. The molecular weight excluding hydrogens is 773 g/mol. The molecule has 8 aromatic rings. The van der Waals surface area contributed by atoms with Crippen LogP contribution in [0.4, 0.5) is 11.4 Å². The van der Waals surface area contributed by atoms with Crippen molar-refractivity contribution < 1.29 is 10.2 Å². The zero-order valence-corrected chi connectivity index (χ0v) is 35.4. The van der Waals surface area contributed by atoms with Gasteiger partial charge < -0.3 is 19.7 Å². The number of rotatable bonds is 10. The van der Waals surface area contributed by atoms with Gasteiger partial charge in [0.05, 0.1) is 22.4 Å². The van der Waals surface area contributed by atoms with Gasteiger partial charge in [0, 0.05) is 49.5 Å². The highest BCUT2D eigenvalue weighted by Gasteiger charge is 2.22. The Morgan fingerprint density at radius 1 is 0.533 bits per heavy atom. The van der Waals surface area contributed by atoms with E-state index in [9.17, 15) is 10.2 Å². The predicted molar refractivity (Wildman–Crippen MR) is 258 cm³/mol. The molecule has 0 radical (unpaired) electrons. The van der Waals surface area contributed by atoms with Crippen molar-refractivity contribution in [2.45, 2.75) is 30.1 Å². The Hall–Kier alpha value is -6.34. The fourth-order valence-corrected chi connectivity index (χ4v) is 10.6. The van der Waals surface area contributed by atoms with Gasteiger partial charge in [-0.25, -0.2) is 0 Å². The summed E-state index contributed by atoms with van der Waals surface area (Å²) in [5, 5.41) is 26.5. The Morgan fingerprint density at radius 3 is 1.65 bits per heavy atom. The number of benzene rings is 7. The third-order valence-corrected chi connectivity index (χ3v) is 13.4. The maximum Gasteiger partial charge on any atom is 0.147 e. The summed E-state index contributed by atoms with van der Waals surface area (Å²) in [4.78, 5) is 4.46. The second-order valence-electron chi connectivity index (χ2n) is 15.2. The van der Waals surface area contributed by atoms with Crippen LogP contribution in [0.2, 0.25) is 0 Å². The van der Waals surface area contributed by atoms with E-state index < -0.39 is 0 Å². The Morgan fingerprint density at radius 2 is 1.03 bits per heavy atom. The van der Waals surface area contributed by atoms with Crippen LogP contribution in [0.3, 0.4) is 0 Å². The Balaban J connectivity index is 0.948. The van der Waals surface area contributed by atoms with Gasteiger partial charge in [-0.2, -0.15) is 0 Å². The minimum absolute atomic E-state index is 0.266. The summed E-state index contributed by atoms with van der Waals surface area (Å²) in [6.45, 7) is 9.13. The van der Waals surface area contributed by atoms with Crippen LogP contribution in [0, 0.1) is 13.8 Å². The predicted octanol–water partition coefficient (Wildman–Crippen LogP) is 14.7. The molecular formula is C54H46N2O2S2. The van der Waals surface area contributed by atoms with E-state index in [1.807, 2.05) is 53.9 Å². The van der Waals surface area contributed by atoms with Crippen LogP contribution in [0.1, 0.15) is 23.1 Å². The van der Waals surface area contributed by atoms with E-state index in [1.54, 1.807) is 0 Å². The highest BCUT2D eigenvalue weighted by Crippen LogP contribution is 2.47. The van der Waals surface area contributed by atoms with Gasteiger partial charge in [-0.05, 0) is 114 Å². The molecule has 1 aromatic heterocycles. The van der Waals surface area contributed by atoms with E-state index in [0.29, 0.717) is 6.54 Å². The van der Waals surface area contributed by atoms with Gasteiger partial charge in [0.25, 0.3) is 0 Å². The standard InChI is InChI=1S/C54H46N2O2S2/c1-36-32-44(53(57)49(34-36)55-29-16-4-5-18-38(3)39-19-6-11-24-46(39)55)42-22-9-14-27-51(42)59-30-17-31-60-52-28-15-10-23-43(52)45-33-37(2)35-50(54(45)58)56-47-25-12-7-20-40(47)41-21-8-13-26-48(41)56/h4-16,18-28,32-35,57-58H,3,17,29-31H2,1-2H3/b16-4-,18-5-. The van der Waals surface area contributed by atoms with Crippen molar-refractivity contribution in [1.82, 2.24) is 4.57 Å². The number of thioether (sulfide) groups is 2. The molecule has 0 bridgehead atoms. The second-order valence-corrected chi connectivity index (χ2v) is 17.5. The number of para-hydroxylation sites is 3. The zero-order chi connectivity index (χ0) is 41.2. The van der Waals surface area contributed by atoms with Gasteiger partial charge in [-0.1, -0.05) is 122 Å². The van der Waals surface area contributed by atoms with Crippen molar-refractivity contribution in [3.8, 4) is 39.4 Å². The van der Waals surface area contributed by atoms with Crippen molar-refractivity contribution in [3.05, 3.63) is 193 Å². The Kier molecular flexibility index (Phi) is 11.2. The minimum atomic E-state index is 0.266. The lowest BCUT2D eigenvalue weighted by atomic mass is 9.99. The van der Waals surface area contributed by atoms with E-state index >= 15 is 0 Å². The normalized spacial score (nSPS) is 13.8. The van der Waals surface area contributed by atoms with Crippen molar-refractivity contribution in [2.24, 2.45) is 0 Å². The van der Waals surface area contributed by atoms with Crippen molar-refractivity contribution >= 4 is 62.3 Å². The maximum atomic E-state index is 12.1. The van der Waals surface area contributed by atoms with Crippen LogP contribution < -0.4 is 4.90 Å². The number of anilines is 2. The number of phenolic OH excluding ortho intramolecular Hbond substituents is 2. The molecule has 4 nitrogen and oxygen atoms in total. The molecule has 2 heterocycles. The largest absolute Gasteiger partial charge is 0.505 e. The molecule has 60 heavy (non-hydrogen) atoms. The molecule has 7 aromatic carbocycles. The monoisotopic (exact) mass is 818 g/mol. The van der Waals surface area contributed by atoms with Gasteiger partial charge in [-0.15, -0.1) is 23.5 Å². The van der Waals surface area contributed by atoms with Crippen LogP contribution in [0.25, 0.3) is 55.3 Å². The van der Waals surface area contributed by atoms with E-state index in [2.05, 4.69) is 169 Å². The summed E-state index contributed by atoms with van der Waals surface area (Å²) < 4.78 is 2.20. The molecule has 0 saturated carbocycles. The van der Waals surface area contributed by atoms with Crippen molar-refractivity contribution in [1.29, 1.82) is 0 Å². The third kappa shape index (κ3) is 7.53. The van der Waals surface area contributed by atoms with E-state index in [4.69, 9.17) is 0 Å². The zero-order valence-electron chi connectivity index (χ0n) is 33.8. The molecule has 296 valence electrons. The Bertz CT molecular complexity index is 2920. The number of allylic oxidation sites excluding steroid dienone is 4. The van der Waals surface area contributed by atoms with Crippen molar-refractivity contribution in [2.75, 3.05) is 23.0 Å². The van der Waals surface area contributed by atoms with Crippen LogP contribution in [0.15, 0.2) is 186 Å². The summed E-state index contributed by atoms with van der Waals surface area (Å²) in [6.07, 6.45) is 9.18. The Labute approximate surface area is 360 Å². The first kappa shape index (κ1) is 39.1. The number of hydrogen-bond donors (Lipinski definition) is 2. The second kappa shape index (κ2) is 17.1. The molecule has 0 fully saturated rings. The molecule has 0 unspecified atom stereocenters. The summed E-state index contributed by atoms with van der Waals surface area (Å²) in [5.74, 6) is 2.38. The topological polar surface area (TPSA) is 48.6 Å². The summed E-state index contributed by atoms with van der Waals surface area (Å²) >= 11 is 3.66. The highest BCUT2D eigenvalue weighted by atomic mass is 32.2. The van der Waals surface area contributed by atoms with E-state index in [-0.39, 0.29) is 11.5 Å². The van der Waals surface area contributed by atoms with Crippen LogP contribution in [-0.4, -0.2) is 32.8 Å². The molecule has 6 heteroatoms. The first-order chi connectivity index (χ1) is 29.4. The smallest absolute Gasteiger partial charge is 0.147 e. The molecule has 2 N–H and O–H groups in total. The molecule has 0 saturated heterocycles. The first-order valence-electron chi connectivity index (χ1n) is 20.4. The number of fused-ring (bicyclic) bond motifs is 4. The minimum Gasteiger partial charge on any atom is -0.505 e. The van der Waals surface area contributed by atoms with Gasteiger partial charge in [0.1, 0.15) is 11.5 Å². The van der Waals surface area contributed by atoms with E-state index in [0.717, 1.165) is 100 Å². The summed E-state index contributed by atoms with van der Waals surface area (Å²) in [5.41, 5.74) is 12.6. The number of aryl methyl sites for hydroxylation is 2. The summed E-state index contributed by atoms with van der Waals surface area (Å²) in [7, 11) is 0. The molecule has 0 atom stereocenters. The number of aromatic nitrogens is 1. The SMILES string of the molecule is C=C1/C=C\C=C/CN(c2cc(C)cc(-c3ccccc3SCCCSc3ccccc3-c3cc(C)cc(-n4c5ccccc5c5ccccc54)c3O)c2O)c2ccccc21.